The Morgan fingerprint density at radius 2 is 1.50 bits per heavy atom. The molecule has 0 atom stereocenters. The first kappa shape index (κ1) is 21.1. The van der Waals surface area contributed by atoms with Gasteiger partial charge in [-0.05, 0) is 66.4 Å². The van der Waals surface area contributed by atoms with Crippen molar-refractivity contribution in [1.29, 1.82) is 0 Å². The number of rotatable bonds is 3. The van der Waals surface area contributed by atoms with E-state index in [1.807, 2.05) is 6.08 Å². The molecular formula is C23H26N4O3. The Morgan fingerprint density at radius 3 is 2.13 bits per heavy atom. The molecule has 0 saturated heterocycles. The van der Waals surface area contributed by atoms with Gasteiger partial charge in [-0.3, -0.25) is 15.1 Å². The van der Waals surface area contributed by atoms with Crippen LogP contribution in [0.2, 0.25) is 0 Å². The molecule has 1 aliphatic heterocycles. The van der Waals surface area contributed by atoms with Crippen LogP contribution < -0.4 is 16.0 Å². The topological polar surface area (TPSA) is 103 Å². The molecule has 2 aromatic carbocycles. The van der Waals surface area contributed by atoms with Crippen molar-refractivity contribution < 1.29 is 14.7 Å². The SMILES string of the molecule is CC(C)(C)C1=CC(NC(=O)Nc2ccc(C(=O)Nc3ccc(O)cc3)cc2)=NCC1. The van der Waals surface area contributed by atoms with E-state index in [2.05, 4.69) is 41.7 Å². The van der Waals surface area contributed by atoms with E-state index < -0.39 is 0 Å². The Bertz CT molecular complexity index is 985. The average molecular weight is 406 g/mol. The lowest BCUT2D eigenvalue weighted by molar-refractivity contribution is 0.102. The summed E-state index contributed by atoms with van der Waals surface area (Å²) in [6.45, 7) is 7.08. The van der Waals surface area contributed by atoms with Crippen molar-refractivity contribution in [2.75, 3.05) is 17.2 Å². The second-order valence-electron chi connectivity index (χ2n) is 8.09. The Kier molecular flexibility index (Phi) is 6.20. The Hall–Kier alpha value is -3.61. The average Bonchev–Trinajstić information content (AvgIpc) is 2.70. The lowest BCUT2D eigenvalue weighted by Crippen LogP contribution is -2.35. The van der Waals surface area contributed by atoms with Crippen molar-refractivity contribution in [3.63, 3.8) is 0 Å². The molecule has 7 nitrogen and oxygen atoms in total. The molecule has 0 aromatic heterocycles. The number of nitrogens with one attached hydrogen (secondary N) is 3. The highest BCUT2D eigenvalue weighted by Gasteiger charge is 2.20. The maximum atomic E-state index is 12.3. The first-order chi connectivity index (χ1) is 14.2. The molecule has 3 amide bonds. The van der Waals surface area contributed by atoms with Gasteiger partial charge < -0.3 is 15.7 Å². The lowest BCUT2D eigenvalue weighted by Gasteiger charge is -2.25. The van der Waals surface area contributed by atoms with Gasteiger partial charge in [0.15, 0.2) is 0 Å². The number of aromatic hydroxyl groups is 1. The van der Waals surface area contributed by atoms with E-state index in [9.17, 15) is 14.7 Å². The summed E-state index contributed by atoms with van der Waals surface area (Å²) >= 11 is 0. The second kappa shape index (κ2) is 8.82. The van der Waals surface area contributed by atoms with Gasteiger partial charge in [-0.1, -0.05) is 26.3 Å². The third-order valence-electron chi connectivity index (χ3n) is 4.71. The summed E-state index contributed by atoms with van der Waals surface area (Å²) in [7, 11) is 0. The van der Waals surface area contributed by atoms with Crippen molar-refractivity contribution in [2.24, 2.45) is 10.4 Å². The molecule has 0 spiro atoms. The van der Waals surface area contributed by atoms with Gasteiger partial charge in [0.1, 0.15) is 11.6 Å². The number of nitrogens with zero attached hydrogens (tertiary/aromatic N) is 1. The van der Waals surface area contributed by atoms with Crippen LogP contribution in [-0.2, 0) is 0 Å². The van der Waals surface area contributed by atoms with Crippen molar-refractivity contribution in [3.05, 3.63) is 65.7 Å². The maximum Gasteiger partial charge on any atom is 0.324 e. The highest BCUT2D eigenvalue weighted by Crippen LogP contribution is 2.29. The van der Waals surface area contributed by atoms with Gasteiger partial charge in [0.25, 0.3) is 5.91 Å². The van der Waals surface area contributed by atoms with Crippen LogP contribution in [0.4, 0.5) is 16.2 Å². The number of carbonyl (C=O) groups excluding carboxylic acids is 2. The number of urea groups is 1. The van der Waals surface area contributed by atoms with Gasteiger partial charge in [0.2, 0.25) is 0 Å². The monoisotopic (exact) mass is 406 g/mol. The molecule has 0 fully saturated rings. The van der Waals surface area contributed by atoms with Gasteiger partial charge in [0, 0.05) is 23.5 Å². The zero-order valence-corrected chi connectivity index (χ0v) is 17.3. The predicted octanol–water partition coefficient (Wildman–Crippen LogP) is 4.54. The molecule has 0 radical (unpaired) electrons. The maximum absolute atomic E-state index is 12.3. The van der Waals surface area contributed by atoms with E-state index in [1.165, 1.54) is 17.7 Å². The quantitative estimate of drug-likeness (QED) is 0.563. The largest absolute Gasteiger partial charge is 0.508 e. The van der Waals surface area contributed by atoms with Crippen LogP contribution in [0, 0.1) is 5.41 Å². The van der Waals surface area contributed by atoms with Gasteiger partial charge in [-0.15, -0.1) is 0 Å². The molecule has 7 heteroatoms. The minimum Gasteiger partial charge on any atom is -0.508 e. The first-order valence-corrected chi connectivity index (χ1v) is 9.75. The molecule has 0 unspecified atom stereocenters. The van der Waals surface area contributed by atoms with E-state index >= 15 is 0 Å². The molecule has 0 saturated carbocycles. The fourth-order valence-electron chi connectivity index (χ4n) is 2.98. The van der Waals surface area contributed by atoms with Crippen LogP contribution in [0.25, 0.3) is 0 Å². The van der Waals surface area contributed by atoms with Gasteiger partial charge >= 0.3 is 6.03 Å². The van der Waals surface area contributed by atoms with Crippen LogP contribution in [0.5, 0.6) is 5.75 Å². The smallest absolute Gasteiger partial charge is 0.324 e. The summed E-state index contributed by atoms with van der Waals surface area (Å²) in [5, 5.41) is 17.6. The number of aliphatic imine (C=N–C) groups is 1. The van der Waals surface area contributed by atoms with Crippen LogP contribution >= 0.6 is 0 Å². The molecule has 0 bridgehead atoms. The number of dihydropyridines is 1. The first-order valence-electron chi connectivity index (χ1n) is 9.75. The molecule has 3 rings (SSSR count). The molecule has 1 aliphatic rings. The van der Waals surface area contributed by atoms with Crippen molar-refractivity contribution >= 4 is 29.1 Å². The normalized spacial score (nSPS) is 13.7. The van der Waals surface area contributed by atoms with Crippen LogP contribution in [0.15, 0.2) is 65.2 Å². The predicted molar refractivity (Wildman–Crippen MR) is 119 cm³/mol. The zero-order valence-electron chi connectivity index (χ0n) is 17.3. The number of hydrogen-bond acceptors (Lipinski definition) is 4. The Balaban J connectivity index is 1.57. The second-order valence-corrected chi connectivity index (χ2v) is 8.09. The number of anilines is 2. The minimum atomic E-state index is -0.388. The number of phenols is 1. The third kappa shape index (κ3) is 5.70. The van der Waals surface area contributed by atoms with Crippen molar-refractivity contribution in [2.45, 2.75) is 27.2 Å². The number of hydrogen-bond donors (Lipinski definition) is 4. The van der Waals surface area contributed by atoms with Crippen molar-refractivity contribution in [1.82, 2.24) is 5.32 Å². The standard InChI is InChI=1S/C23H26N4O3/c1-23(2,3)16-12-13-24-20(14-16)27-22(30)26-18-6-4-15(5-7-18)21(29)25-17-8-10-19(28)11-9-17/h4-11,14,28H,12-13H2,1-3H3,(H,25,29)(H2,24,26,27,30). The molecule has 1 heterocycles. The summed E-state index contributed by atoms with van der Waals surface area (Å²) in [5.74, 6) is 0.396. The number of carbonyl (C=O) groups is 2. The molecule has 4 N–H and O–H groups in total. The summed E-state index contributed by atoms with van der Waals surface area (Å²) in [5.41, 5.74) is 2.87. The van der Waals surface area contributed by atoms with Crippen LogP contribution in [-0.4, -0.2) is 29.4 Å². The summed E-state index contributed by atoms with van der Waals surface area (Å²) in [6, 6.07) is 12.4. The van der Waals surface area contributed by atoms with E-state index in [0.717, 1.165) is 6.42 Å². The van der Waals surface area contributed by atoms with Crippen LogP contribution in [0.3, 0.4) is 0 Å². The highest BCUT2D eigenvalue weighted by atomic mass is 16.3. The van der Waals surface area contributed by atoms with E-state index in [1.54, 1.807) is 36.4 Å². The van der Waals surface area contributed by atoms with Gasteiger partial charge in [-0.25, -0.2) is 4.79 Å². The van der Waals surface area contributed by atoms with E-state index in [4.69, 9.17) is 0 Å². The van der Waals surface area contributed by atoms with Crippen LogP contribution in [0.1, 0.15) is 37.6 Å². The van der Waals surface area contributed by atoms with E-state index in [-0.39, 0.29) is 23.1 Å². The third-order valence-corrected chi connectivity index (χ3v) is 4.71. The Labute approximate surface area is 175 Å². The number of phenolic OH excluding ortho intramolecular Hbond substituents is 1. The molecule has 0 aliphatic carbocycles. The number of amidine groups is 1. The summed E-state index contributed by atoms with van der Waals surface area (Å²) in [6.07, 6.45) is 2.82. The van der Waals surface area contributed by atoms with Crippen molar-refractivity contribution in [3.8, 4) is 5.75 Å². The highest BCUT2D eigenvalue weighted by molar-refractivity contribution is 6.08. The van der Waals surface area contributed by atoms with Gasteiger partial charge in [-0.2, -0.15) is 0 Å². The fourth-order valence-corrected chi connectivity index (χ4v) is 2.98. The molecule has 30 heavy (non-hydrogen) atoms. The van der Waals surface area contributed by atoms with E-state index in [0.29, 0.717) is 29.3 Å². The summed E-state index contributed by atoms with van der Waals surface area (Å²) in [4.78, 5) is 29.0. The minimum absolute atomic E-state index is 0.0376. The number of amides is 3. The zero-order chi connectivity index (χ0) is 21.7. The summed E-state index contributed by atoms with van der Waals surface area (Å²) < 4.78 is 0. The molecular weight excluding hydrogens is 380 g/mol. The number of benzene rings is 2. The molecule has 2 aromatic rings. The fraction of sp³-hybridized carbons (Fsp3) is 0.261. The lowest BCUT2D eigenvalue weighted by atomic mass is 9.83. The Morgan fingerprint density at radius 1 is 0.900 bits per heavy atom. The molecule has 156 valence electrons. The van der Waals surface area contributed by atoms with Gasteiger partial charge in [0.05, 0.1) is 0 Å².